The van der Waals surface area contributed by atoms with E-state index in [-0.39, 0.29) is 12.5 Å². The second-order valence-corrected chi connectivity index (χ2v) is 5.79. The summed E-state index contributed by atoms with van der Waals surface area (Å²) in [6.45, 7) is -0.312. The largest absolute Gasteiger partial charge is 0.480 e. The molecule has 0 heterocycles. The van der Waals surface area contributed by atoms with Crippen molar-refractivity contribution in [1.29, 1.82) is 0 Å². The molecule has 0 radical (unpaired) electrons. The molecule has 1 atom stereocenters. The summed E-state index contributed by atoms with van der Waals surface area (Å²) >= 11 is 0. The van der Waals surface area contributed by atoms with Crippen molar-refractivity contribution in [3.05, 3.63) is 71.8 Å². The quantitative estimate of drug-likeness (QED) is 0.555. The Labute approximate surface area is 157 Å². The van der Waals surface area contributed by atoms with Crippen LogP contribution in [0.25, 0.3) is 0 Å². The van der Waals surface area contributed by atoms with Crippen molar-refractivity contribution < 1.29 is 24.6 Å². The van der Waals surface area contributed by atoms with Crippen LogP contribution in [0.4, 0.5) is 0 Å². The van der Waals surface area contributed by atoms with E-state index >= 15 is 0 Å². The van der Waals surface area contributed by atoms with Crippen LogP contribution in [-0.4, -0.2) is 40.6 Å². The van der Waals surface area contributed by atoms with Gasteiger partial charge in [-0.1, -0.05) is 60.7 Å². The zero-order valence-corrected chi connectivity index (χ0v) is 14.9. The van der Waals surface area contributed by atoms with E-state index in [1.54, 1.807) is 0 Å². The third-order valence-electron chi connectivity index (χ3n) is 3.54. The van der Waals surface area contributed by atoms with E-state index in [1.807, 2.05) is 60.7 Å². The Morgan fingerprint density at radius 2 is 1.41 bits per heavy atom. The van der Waals surface area contributed by atoms with Crippen LogP contribution in [-0.2, 0) is 27.2 Å². The van der Waals surface area contributed by atoms with E-state index in [0.29, 0.717) is 19.3 Å². The monoisotopic (exact) mass is 372 g/mol. The van der Waals surface area contributed by atoms with Crippen LogP contribution < -0.4 is 11.1 Å². The highest BCUT2D eigenvalue weighted by atomic mass is 16.4. The molecular weight excluding hydrogens is 348 g/mol. The van der Waals surface area contributed by atoms with Gasteiger partial charge in [-0.15, -0.1) is 0 Å². The van der Waals surface area contributed by atoms with Crippen LogP contribution in [0.3, 0.4) is 0 Å². The van der Waals surface area contributed by atoms with E-state index in [1.165, 1.54) is 0 Å². The summed E-state index contributed by atoms with van der Waals surface area (Å²) in [6.07, 6.45) is 1.33. The number of nitrogens with one attached hydrogen (secondary N) is 1. The number of rotatable bonds is 8. The van der Waals surface area contributed by atoms with Gasteiger partial charge in [0.25, 0.3) is 0 Å². The lowest BCUT2D eigenvalue weighted by Gasteiger charge is -2.04. The molecule has 2 aromatic rings. The fourth-order valence-corrected chi connectivity index (χ4v) is 2.12. The molecule has 0 bridgehead atoms. The first kappa shape index (κ1) is 21.9. The van der Waals surface area contributed by atoms with Crippen LogP contribution in [0, 0.1) is 0 Å². The molecule has 0 aliphatic rings. The molecule has 5 N–H and O–H groups in total. The number of benzene rings is 2. The first-order chi connectivity index (χ1) is 12.9. The third kappa shape index (κ3) is 10.4. The molecule has 27 heavy (non-hydrogen) atoms. The Bertz CT molecular complexity index is 720. The lowest BCUT2D eigenvalue weighted by Crippen LogP contribution is -2.32. The fourth-order valence-electron chi connectivity index (χ4n) is 2.12. The zero-order valence-electron chi connectivity index (χ0n) is 14.9. The second kappa shape index (κ2) is 12.2. The highest BCUT2D eigenvalue weighted by Gasteiger charge is 2.11. The van der Waals surface area contributed by atoms with Gasteiger partial charge in [0.2, 0.25) is 5.91 Å². The van der Waals surface area contributed by atoms with E-state index in [4.69, 9.17) is 15.9 Å². The van der Waals surface area contributed by atoms with Crippen LogP contribution >= 0.6 is 0 Å². The van der Waals surface area contributed by atoms with Crippen LogP contribution in [0.1, 0.15) is 17.5 Å². The number of nitrogens with two attached hydrogens (primary N) is 1. The smallest absolute Gasteiger partial charge is 0.322 e. The predicted octanol–water partition coefficient (Wildman–Crippen LogP) is 1.46. The Morgan fingerprint density at radius 1 is 0.889 bits per heavy atom. The Morgan fingerprint density at radius 3 is 1.89 bits per heavy atom. The molecule has 0 aliphatic heterocycles. The van der Waals surface area contributed by atoms with Crippen molar-refractivity contribution >= 4 is 17.8 Å². The predicted molar refractivity (Wildman–Crippen MR) is 101 cm³/mol. The van der Waals surface area contributed by atoms with Gasteiger partial charge < -0.3 is 21.3 Å². The zero-order chi connectivity index (χ0) is 20.1. The number of hydrogen-bond donors (Lipinski definition) is 4. The van der Waals surface area contributed by atoms with Gasteiger partial charge in [0.15, 0.2) is 0 Å². The number of hydrogen-bond acceptors (Lipinski definition) is 4. The molecule has 7 heteroatoms. The van der Waals surface area contributed by atoms with E-state index in [0.717, 1.165) is 11.1 Å². The van der Waals surface area contributed by atoms with Crippen LogP contribution in [0.15, 0.2) is 60.7 Å². The summed E-state index contributed by atoms with van der Waals surface area (Å²) in [5.41, 5.74) is 7.37. The highest BCUT2D eigenvalue weighted by Crippen LogP contribution is 2.02. The molecule has 7 nitrogen and oxygen atoms in total. The molecule has 1 amide bonds. The van der Waals surface area contributed by atoms with Crippen molar-refractivity contribution in [2.45, 2.75) is 25.3 Å². The number of aryl methyl sites for hydroxylation is 1. The minimum Gasteiger partial charge on any atom is -0.480 e. The lowest BCUT2D eigenvalue weighted by atomic mass is 10.1. The molecule has 2 rings (SSSR count). The van der Waals surface area contributed by atoms with Gasteiger partial charge in [-0.25, -0.2) is 0 Å². The van der Waals surface area contributed by atoms with Gasteiger partial charge in [-0.2, -0.15) is 0 Å². The molecule has 0 spiro atoms. The molecule has 0 saturated carbocycles. The molecular formula is C20H24N2O5. The van der Waals surface area contributed by atoms with Crippen molar-refractivity contribution in [2.75, 3.05) is 6.54 Å². The molecule has 1 unspecified atom stereocenters. The highest BCUT2D eigenvalue weighted by molar-refractivity contribution is 5.81. The molecule has 2 aromatic carbocycles. The number of carbonyl (C=O) groups is 3. The maximum absolute atomic E-state index is 11.1. The second-order valence-electron chi connectivity index (χ2n) is 5.79. The molecule has 0 aliphatic carbocycles. The van der Waals surface area contributed by atoms with Crippen LogP contribution in [0.5, 0.6) is 0 Å². The SMILES string of the molecule is NC(Cc1ccccc1)C(=O)O.O=C(O)CNC(=O)CCc1ccccc1. The Kier molecular flexibility index (Phi) is 9.88. The Hall–Kier alpha value is -3.19. The standard InChI is InChI=1S/C11H13NO3.C9H11NO2/c13-10(12-8-11(14)15)7-6-9-4-2-1-3-5-9;10-8(9(11)12)6-7-4-2-1-3-5-7/h1-5H,6-8H2,(H,12,13)(H,14,15);1-5,8H,6,10H2,(H,11,12). The summed E-state index contributed by atoms with van der Waals surface area (Å²) < 4.78 is 0. The topological polar surface area (TPSA) is 130 Å². The number of carboxylic acid groups (broad SMARTS) is 2. The average Bonchev–Trinajstić information content (AvgIpc) is 2.66. The van der Waals surface area contributed by atoms with Crippen molar-refractivity contribution in [2.24, 2.45) is 5.73 Å². The fraction of sp³-hybridized carbons (Fsp3) is 0.250. The van der Waals surface area contributed by atoms with E-state index < -0.39 is 18.0 Å². The van der Waals surface area contributed by atoms with E-state index in [2.05, 4.69) is 5.32 Å². The lowest BCUT2D eigenvalue weighted by molar-refractivity contribution is -0.138. The van der Waals surface area contributed by atoms with Crippen molar-refractivity contribution in [1.82, 2.24) is 5.32 Å². The number of carbonyl (C=O) groups excluding carboxylic acids is 1. The summed E-state index contributed by atoms with van der Waals surface area (Å²) in [5.74, 6) is -2.22. The van der Waals surface area contributed by atoms with Crippen LogP contribution in [0.2, 0.25) is 0 Å². The van der Waals surface area contributed by atoms with Gasteiger partial charge in [-0.3, -0.25) is 14.4 Å². The summed E-state index contributed by atoms with van der Waals surface area (Å²) in [4.78, 5) is 31.7. The molecule has 0 saturated heterocycles. The number of carboxylic acids is 2. The maximum atomic E-state index is 11.1. The first-order valence-electron chi connectivity index (χ1n) is 8.43. The van der Waals surface area contributed by atoms with Gasteiger partial charge in [0, 0.05) is 6.42 Å². The number of aliphatic carboxylic acids is 2. The summed E-state index contributed by atoms with van der Waals surface area (Å²) in [7, 11) is 0. The van der Waals surface area contributed by atoms with Gasteiger partial charge in [-0.05, 0) is 24.0 Å². The average molecular weight is 372 g/mol. The van der Waals surface area contributed by atoms with Gasteiger partial charge >= 0.3 is 11.9 Å². The molecule has 0 aromatic heterocycles. The normalized spacial score (nSPS) is 10.9. The summed E-state index contributed by atoms with van der Waals surface area (Å²) in [6, 6.07) is 18.1. The Balaban J connectivity index is 0.000000277. The first-order valence-corrected chi connectivity index (χ1v) is 8.43. The van der Waals surface area contributed by atoms with Gasteiger partial charge in [0.05, 0.1) is 0 Å². The maximum Gasteiger partial charge on any atom is 0.322 e. The van der Waals surface area contributed by atoms with Crippen molar-refractivity contribution in [3.8, 4) is 0 Å². The summed E-state index contributed by atoms with van der Waals surface area (Å²) in [5, 5.41) is 19.2. The number of amides is 1. The molecule has 144 valence electrons. The van der Waals surface area contributed by atoms with Crippen molar-refractivity contribution in [3.63, 3.8) is 0 Å². The minimum absolute atomic E-state index is 0.235. The minimum atomic E-state index is -1.02. The van der Waals surface area contributed by atoms with E-state index in [9.17, 15) is 14.4 Å². The third-order valence-corrected chi connectivity index (χ3v) is 3.54. The van der Waals surface area contributed by atoms with Gasteiger partial charge in [0.1, 0.15) is 12.6 Å². The molecule has 0 fully saturated rings.